The fourth-order valence-electron chi connectivity index (χ4n) is 1.96. The van der Waals surface area contributed by atoms with Crippen molar-refractivity contribution in [2.75, 3.05) is 24.5 Å². The smallest absolute Gasteiger partial charge is 0.323 e. The Morgan fingerprint density at radius 3 is 2.58 bits per heavy atom. The van der Waals surface area contributed by atoms with Crippen LogP contribution in [0.1, 0.15) is 32.1 Å². The predicted octanol–water partition coefficient (Wildman–Crippen LogP) is 1.88. The normalized spacial score (nSPS) is 10.4. The molecule has 3 N–H and O–H groups in total. The number of carbonyl (C=O) groups is 1. The molecule has 1 aromatic heterocycles. The zero-order valence-electron chi connectivity index (χ0n) is 11.3. The van der Waals surface area contributed by atoms with E-state index in [-0.39, 0.29) is 6.54 Å². The number of pyridine rings is 1. The van der Waals surface area contributed by atoms with E-state index < -0.39 is 5.97 Å². The van der Waals surface area contributed by atoms with Gasteiger partial charge < -0.3 is 15.7 Å². The van der Waals surface area contributed by atoms with Crippen LogP contribution in [0, 0.1) is 0 Å². The summed E-state index contributed by atoms with van der Waals surface area (Å²) in [6.45, 7) is 1.48. The van der Waals surface area contributed by atoms with E-state index in [2.05, 4.69) is 4.98 Å². The number of anilines is 1. The van der Waals surface area contributed by atoms with Gasteiger partial charge in [0.2, 0.25) is 0 Å². The summed E-state index contributed by atoms with van der Waals surface area (Å²) in [5, 5.41) is 8.93. The van der Waals surface area contributed by atoms with Gasteiger partial charge in [0.15, 0.2) is 0 Å². The van der Waals surface area contributed by atoms with Gasteiger partial charge in [0.1, 0.15) is 12.4 Å². The van der Waals surface area contributed by atoms with Gasteiger partial charge in [0, 0.05) is 12.7 Å². The van der Waals surface area contributed by atoms with Gasteiger partial charge in [-0.2, -0.15) is 0 Å². The number of aromatic nitrogens is 1. The molecule has 0 spiro atoms. The highest BCUT2D eigenvalue weighted by atomic mass is 16.4. The van der Waals surface area contributed by atoms with E-state index in [1.807, 2.05) is 23.1 Å². The number of nitrogens with zero attached hydrogens (tertiary/aromatic N) is 2. The Labute approximate surface area is 114 Å². The van der Waals surface area contributed by atoms with E-state index >= 15 is 0 Å². The third-order valence-corrected chi connectivity index (χ3v) is 2.93. The van der Waals surface area contributed by atoms with Crippen LogP contribution in [0.25, 0.3) is 0 Å². The summed E-state index contributed by atoms with van der Waals surface area (Å²) in [5.74, 6) is -0.0966. The standard InChI is InChI=1S/C14H23N3O2/c15-9-5-2-1-3-7-11-17(12-14(18)19)13-8-4-6-10-16-13/h4,6,8,10H,1-3,5,7,9,11-12,15H2,(H,18,19). The van der Waals surface area contributed by atoms with E-state index in [1.54, 1.807) is 6.20 Å². The summed E-state index contributed by atoms with van der Waals surface area (Å²) in [7, 11) is 0. The summed E-state index contributed by atoms with van der Waals surface area (Å²) in [6, 6.07) is 5.55. The first-order valence-corrected chi connectivity index (χ1v) is 6.82. The van der Waals surface area contributed by atoms with Gasteiger partial charge in [-0.05, 0) is 31.5 Å². The maximum absolute atomic E-state index is 10.9. The molecule has 0 atom stereocenters. The van der Waals surface area contributed by atoms with Crippen LogP contribution >= 0.6 is 0 Å². The SMILES string of the molecule is NCCCCCCCN(CC(=O)O)c1ccccn1. The molecular formula is C14H23N3O2. The summed E-state index contributed by atoms with van der Waals surface area (Å²) in [5.41, 5.74) is 5.44. The molecule has 106 valence electrons. The Bertz CT molecular complexity index is 357. The largest absolute Gasteiger partial charge is 0.480 e. The lowest BCUT2D eigenvalue weighted by atomic mass is 10.1. The third kappa shape index (κ3) is 6.76. The number of unbranched alkanes of at least 4 members (excludes halogenated alkanes) is 4. The summed E-state index contributed by atoms with van der Waals surface area (Å²) in [6.07, 6.45) is 7.14. The second-order valence-corrected chi connectivity index (χ2v) is 4.56. The lowest BCUT2D eigenvalue weighted by Gasteiger charge is -2.21. The molecule has 1 aromatic rings. The van der Waals surface area contributed by atoms with Crippen molar-refractivity contribution in [2.45, 2.75) is 32.1 Å². The molecule has 5 nitrogen and oxygen atoms in total. The number of rotatable bonds is 10. The molecule has 0 radical (unpaired) electrons. The second-order valence-electron chi connectivity index (χ2n) is 4.56. The zero-order chi connectivity index (χ0) is 13.9. The molecule has 0 unspecified atom stereocenters. The minimum absolute atomic E-state index is 0.000185. The number of hydrogen-bond donors (Lipinski definition) is 2. The van der Waals surface area contributed by atoms with Crippen LogP contribution in [0.5, 0.6) is 0 Å². The summed E-state index contributed by atoms with van der Waals surface area (Å²) < 4.78 is 0. The molecule has 0 aliphatic rings. The van der Waals surface area contributed by atoms with Gasteiger partial charge in [-0.25, -0.2) is 4.98 Å². The van der Waals surface area contributed by atoms with Gasteiger partial charge in [-0.15, -0.1) is 0 Å². The molecule has 0 fully saturated rings. The van der Waals surface area contributed by atoms with E-state index in [0.717, 1.165) is 51.0 Å². The van der Waals surface area contributed by atoms with Gasteiger partial charge in [0.05, 0.1) is 0 Å². The Hall–Kier alpha value is -1.62. The highest BCUT2D eigenvalue weighted by molar-refractivity contribution is 5.73. The van der Waals surface area contributed by atoms with Crippen LogP contribution in [0.4, 0.5) is 5.82 Å². The number of carboxylic acids is 1. The molecule has 0 aliphatic carbocycles. The first kappa shape index (κ1) is 15.4. The number of nitrogens with two attached hydrogens (primary N) is 1. The first-order valence-electron chi connectivity index (χ1n) is 6.82. The average Bonchev–Trinajstić information content (AvgIpc) is 2.42. The maximum Gasteiger partial charge on any atom is 0.323 e. The Morgan fingerprint density at radius 2 is 1.95 bits per heavy atom. The van der Waals surface area contributed by atoms with Gasteiger partial charge in [-0.3, -0.25) is 4.79 Å². The first-order chi connectivity index (χ1) is 9.24. The Kier molecular flexibility index (Phi) is 7.58. The van der Waals surface area contributed by atoms with Gasteiger partial charge in [0.25, 0.3) is 0 Å². The summed E-state index contributed by atoms with van der Waals surface area (Å²) >= 11 is 0. The van der Waals surface area contributed by atoms with Crippen molar-refractivity contribution < 1.29 is 9.90 Å². The van der Waals surface area contributed by atoms with Crippen LogP contribution in [0.2, 0.25) is 0 Å². The third-order valence-electron chi connectivity index (χ3n) is 2.93. The molecule has 0 bridgehead atoms. The molecule has 19 heavy (non-hydrogen) atoms. The van der Waals surface area contributed by atoms with Crippen molar-refractivity contribution in [1.29, 1.82) is 0 Å². The minimum atomic E-state index is -0.825. The van der Waals surface area contributed by atoms with Gasteiger partial charge in [-0.1, -0.05) is 25.3 Å². The molecule has 0 saturated heterocycles. The lowest BCUT2D eigenvalue weighted by Crippen LogP contribution is -2.31. The van der Waals surface area contributed by atoms with Gasteiger partial charge >= 0.3 is 5.97 Å². The molecule has 0 aliphatic heterocycles. The second kappa shape index (κ2) is 9.33. The lowest BCUT2D eigenvalue weighted by molar-refractivity contribution is -0.135. The fraction of sp³-hybridized carbons (Fsp3) is 0.571. The van der Waals surface area contributed by atoms with Crippen LogP contribution in [0.15, 0.2) is 24.4 Å². The van der Waals surface area contributed by atoms with Crippen LogP contribution < -0.4 is 10.6 Å². The zero-order valence-corrected chi connectivity index (χ0v) is 11.3. The Morgan fingerprint density at radius 1 is 1.21 bits per heavy atom. The van der Waals surface area contributed by atoms with E-state index in [9.17, 15) is 4.79 Å². The molecule has 0 aromatic carbocycles. The average molecular weight is 265 g/mol. The topological polar surface area (TPSA) is 79.5 Å². The van der Waals surface area contributed by atoms with Crippen LogP contribution in [-0.4, -0.2) is 35.7 Å². The van der Waals surface area contributed by atoms with Crippen LogP contribution in [-0.2, 0) is 4.79 Å². The highest BCUT2D eigenvalue weighted by Crippen LogP contribution is 2.11. The molecule has 1 rings (SSSR count). The molecule has 5 heteroatoms. The highest BCUT2D eigenvalue weighted by Gasteiger charge is 2.10. The summed E-state index contributed by atoms with van der Waals surface area (Å²) in [4.78, 5) is 16.9. The number of hydrogen-bond acceptors (Lipinski definition) is 4. The van der Waals surface area contributed by atoms with Crippen molar-refractivity contribution in [3.8, 4) is 0 Å². The van der Waals surface area contributed by atoms with Crippen molar-refractivity contribution in [3.63, 3.8) is 0 Å². The number of aliphatic carboxylic acids is 1. The quantitative estimate of drug-likeness (QED) is 0.631. The van der Waals surface area contributed by atoms with E-state index in [1.165, 1.54) is 0 Å². The minimum Gasteiger partial charge on any atom is -0.480 e. The van der Waals surface area contributed by atoms with E-state index in [4.69, 9.17) is 10.8 Å². The predicted molar refractivity (Wildman–Crippen MR) is 76.2 cm³/mol. The molecule has 1 heterocycles. The molecular weight excluding hydrogens is 242 g/mol. The van der Waals surface area contributed by atoms with Crippen molar-refractivity contribution >= 4 is 11.8 Å². The molecule has 0 amide bonds. The van der Waals surface area contributed by atoms with Crippen LogP contribution in [0.3, 0.4) is 0 Å². The molecule has 0 saturated carbocycles. The fourth-order valence-corrected chi connectivity index (χ4v) is 1.96. The van der Waals surface area contributed by atoms with E-state index in [0.29, 0.717) is 0 Å². The number of carboxylic acid groups (broad SMARTS) is 1. The Balaban J connectivity index is 2.36. The maximum atomic E-state index is 10.9. The van der Waals surface area contributed by atoms with Crippen molar-refractivity contribution in [2.24, 2.45) is 5.73 Å². The van der Waals surface area contributed by atoms with Crippen molar-refractivity contribution in [1.82, 2.24) is 4.98 Å². The van der Waals surface area contributed by atoms with Crippen molar-refractivity contribution in [3.05, 3.63) is 24.4 Å². The monoisotopic (exact) mass is 265 g/mol.